The van der Waals surface area contributed by atoms with Crippen molar-refractivity contribution in [3.05, 3.63) is 40.7 Å². The number of rotatable bonds is 4. The number of carbonyl (C=O) groups excluding carboxylic acids is 1. The molecule has 0 bridgehead atoms. The lowest BCUT2D eigenvalue weighted by atomic mass is 10.2. The third kappa shape index (κ3) is 3.51. The molecular weight excluding hydrogens is 266 g/mol. The van der Waals surface area contributed by atoms with Crippen LogP contribution in [0.3, 0.4) is 0 Å². The Morgan fingerprint density at radius 3 is 2.89 bits per heavy atom. The van der Waals surface area contributed by atoms with Gasteiger partial charge in [-0.05, 0) is 13.0 Å². The minimum atomic E-state index is -0.242. The zero-order valence-corrected chi connectivity index (χ0v) is 11.5. The third-order valence-corrected chi connectivity index (χ3v) is 2.83. The van der Waals surface area contributed by atoms with Gasteiger partial charge in [0.05, 0.1) is 10.6 Å². The van der Waals surface area contributed by atoms with Crippen LogP contribution in [0.5, 0.6) is 0 Å². The first-order valence-electron chi connectivity index (χ1n) is 5.81. The molecule has 0 unspecified atom stereocenters. The smallest absolute Gasteiger partial charge is 0.254 e. The highest BCUT2D eigenvalue weighted by Crippen LogP contribution is 2.15. The molecule has 1 amide bonds. The van der Waals surface area contributed by atoms with Gasteiger partial charge in [-0.2, -0.15) is 5.10 Å². The van der Waals surface area contributed by atoms with Gasteiger partial charge in [0.2, 0.25) is 0 Å². The summed E-state index contributed by atoms with van der Waals surface area (Å²) in [6.45, 7) is 2.27. The van der Waals surface area contributed by atoms with Crippen molar-refractivity contribution < 1.29 is 4.79 Å². The second-order valence-electron chi connectivity index (χ2n) is 4.15. The maximum Gasteiger partial charge on any atom is 0.254 e. The Labute approximate surface area is 115 Å². The largest absolute Gasteiger partial charge is 0.351 e. The van der Waals surface area contributed by atoms with E-state index in [4.69, 9.17) is 11.6 Å². The molecule has 1 N–H and O–H groups in total. The van der Waals surface area contributed by atoms with E-state index in [1.807, 2.05) is 6.92 Å². The van der Waals surface area contributed by atoms with Crippen LogP contribution in [0.2, 0.25) is 5.02 Å². The Bertz CT molecular complexity index is 596. The SMILES string of the molecule is Cc1cc(Cl)c(C(=O)NCCc2ncn(C)n2)cn1. The summed E-state index contributed by atoms with van der Waals surface area (Å²) in [5, 5.41) is 7.29. The maximum atomic E-state index is 11.9. The molecule has 2 aromatic rings. The van der Waals surface area contributed by atoms with Crippen molar-refractivity contribution in [2.75, 3.05) is 6.54 Å². The lowest BCUT2D eigenvalue weighted by Crippen LogP contribution is -2.26. The van der Waals surface area contributed by atoms with Gasteiger partial charge in [-0.25, -0.2) is 4.98 Å². The van der Waals surface area contributed by atoms with Crippen molar-refractivity contribution in [1.82, 2.24) is 25.1 Å². The van der Waals surface area contributed by atoms with Crippen LogP contribution >= 0.6 is 11.6 Å². The van der Waals surface area contributed by atoms with E-state index in [0.29, 0.717) is 29.4 Å². The Hall–Kier alpha value is -1.95. The number of aromatic nitrogens is 4. The molecule has 2 aromatic heterocycles. The zero-order chi connectivity index (χ0) is 13.8. The van der Waals surface area contributed by atoms with E-state index in [-0.39, 0.29) is 5.91 Å². The van der Waals surface area contributed by atoms with Crippen molar-refractivity contribution >= 4 is 17.5 Å². The minimum Gasteiger partial charge on any atom is -0.351 e. The summed E-state index contributed by atoms with van der Waals surface area (Å²) in [6.07, 6.45) is 3.67. The predicted octanol–water partition coefficient (Wildman–Crippen LogP) is 1.14. The molecule has 0 fully saturated rings. The van der Waals surface area contributed by atoms with Crippen molar-refractivity contribution in [1.29, 1.82) is 0 Å². The highest BCUT2D eigenvalue weighted by atomic mass is 35.5. The Kier molecular flexibility index (Phi) is 4.11. The van der Waals surface area contributed by atoms with Gasteiger partial charge < -0.3 is 5.32 Å². The first-order chi connectivity index (χ1) is 9.06. The summed E-state index contributed by atoms with van der Waals surface area (Å²) < 4.78 is 1.62. The van der Waals surface area contributed by atoms with Crippen molar-refractivity contribution in [2.45, 2.75) is 13.3 Å². The van der Waals surface area contributed by atoms with Gasteiger partial charge in [0.25, 0.3) is 5.91 Å². The van der Waals surface area contributed by atoms with E-state index in [9.17, 15) is 4.79 Å². The molecule has 7 heteroatoms. The minimum absolute atomic E-state index is 0.242. The van der Waals surface area contributed by atoms with Gasteiger partial charge in [0.1, 0.15) is 6.33 Å². The predicted molar refractivity (Wildman–Crippen MR) is 71.0 cm³/mol. The number of pyridine rings is 1. The first-order valence-corrected chi connectivity index (χ1v) is 6.19. The highest BCUT2D eigenvalue weighted by molar-refractivity contribution is 6.33. The number of carbonyl (C=O) groups is 1. The maximum absolute atomic E-state index is 11.9. The monoisotopic (exact) mass is 279 g/mol. The Morgan fingerprint density at radius 2 is 2.26 bits per heavy atom. The van der Waals surface area contributed by atoms with Crippen LogP contribution in [0.1, 0.15) is 21.9 Å². The lowest BCUT2D eigenvalue weighted by molar-refractivity contribution is 0.0954. The number of aryl methyl sites for hydroxylation is 2. The van der Waals surface area contributed by atoms with E-state index in [2.05, 4.69) is 20.4 Å². The van der Waals surface area contributed by atoms with Gasteiger partial charge in [-0.3, -0.25) is 14.5 Å². The molecule has 0 aliphatic carbocycles. The topological polar surface area (TPSA) is 72.7 Å². The fraction of sp³-hybridized carbons (Fsp3) is 0.333. The van der Waals surface area contributed by atoms with Crippen molar-refractivity contribution in [3.63, 3.8) is 0 Å². The average molecular weight is 280 g/mol. The number of halogens is 1. The molecule has 6 nitrogen and oxygen atoms in total. The second kappa shape index (κ2) is 5.79. The fourth-order valence-corrected chi connectivity index (χ4v) is 1.87. The highest BCUT2D eigenvalue weighted by Gasteiger charge is 2.10. The first kappa shape index (κ1) is 13.5. The fourth-order valence-electron chi connectivity index (χ4n) is 1.58. The normalized spacial score (nSPS) is 10.5. The molecular formula is C12H14ClN5O. The van der Waals surface area contributed by atoms with Crippen molar-refractivity contribution in [3.8, 4) is 0 Å². The van der Waals surface area contributed by atoms with E-state index in [1.165, 1.54) is 6.20 Å². The van der Waals surface area contributed by atoms with Gasteiger partial charge in [-0.15, -0.1) is 0 Å². The number of nitrogens with one attached hydrogen (secondary N) is 1. The lowest BCUT2D eigenvalue weighted by Gasteiger charge is -2.05. The van der Waals surface area contributed by atoms with Crippen LogP contribution in [0.25, 0.3) is 0 Å². The quantitative estimate of drug-likeness (QED) is 0.911. The second-order valence-corrected chi connectivity index (χ2v) is 4.55. The summed E-state index contributed by atoms with van der Waals surface area (Å²) in [6, 6.07) is 1.66. The van der Waals surface area contributed by atoms with E-state index >= 15 is 0 Å². The van der Waals surface area contributed by atoms with Crippen LogP contribution < -0.4 is 5.32 Å². The summed E-state index contributed by atoms with van der Waals surface area (Å²) in [5.74, 6) is 0.448. The van der Waals surface area contributed by atoms with E-state index in [0.717, 1.165) is 5.69 Å². The van der Waals surface area contributed by atoms with E-state index < -0.39 is 0 Å². The molecule has 0 aliphatic rings. The standard InChI is InChI=1S/C12H14ClN5O/c1-8-5-10(13)9(6-15-8)12(19)14-4-3-11-16-7-18(2)17-11/h5-7H,3-4H2,1-2H3,(H,14,19). The van der Waals surface area contributed by atoms with Gasteiger partial charge in [0.15, 0.2) is 5.82 Å². The van der Waals surface area contributed by atoms with Gasteiger partial charge >= 0.3 is 0 Å². The number of hydrogen-bond donors (Lipinski definition) is 1. The molecule has 0 saturated carbocycles. The van der Waals surface area contributed by atoms with Crippen molar-refractivity contribution in [2.24, 2.45) is 7.05 Å². The van der Waals surface area contributed by atoms with Crippen LogP contribution in [0.4, 0.5) is 0 Å². The van der Waals surface area contributed by atoms with Gasteiger partial charge in [0, 0.05) is 31.9 Å². The molecule has 19 heavy (non-hydrogen) atoms. The molecule has 0 radical (unpaired) electrons. The van der Waals surface area contributed by atoms with Crippen LogP contribution in [0.15, 0.2) is 18.6 Å². The summed E-state index contributed by atoms with van der Waals surface area (Å²) in [7, 11) is 1.80. The molecule has 100 valence electrons. The van der Waals surface area contributed by atoms with Crippen LogP contribution in [-0.4, -0.2) is 32.2 Å². The summed E-state index contributed by atoms with van der Waals surface area (Å²) in [5.41, 5.74) is 1.15. The Balaban J connectivity index is 1.90. The number of amides is 1. The van der Waals surface area contributed by atoms with E-state index in [1.54, 1.807) is 24.1 Å². The summed E-state index contributed by atoms with van der Waals surface area (Å²) >= 11 is 5.99. The number of hydrogen-bond acceptors (Lipinski definition) is 4. The molecule has 0 atom stereocenters. The van der Waals surface area contributed by atoms with Crippen LogP contribution in [0, 0.1) is 6.92 Å². The molecule has 2 heterocycles. The summed E-state index contributed by atoms with van der Waals surface area (Å²) in [4.78, 5) is 20.0. The number of nitrogens with zero attached hydrogens (tertiary/aromatic N) is 4. The Morgan fingerprint density at radius 1 is 1.47 bits per heavy atom. The molecule has 0 aromatic carbocycles. The molecule has 2 rings (SSSR count). The molecule has 0 aliphatic heterocycles. The molecule has 0 saturated heterocycles. The zero-order valence-electron chi connectivity index (χ0n) is 10.7. The molecule has 0 spiro atoms. The third-order valence-electron chi connectivity index (χ3n) is 2.52. The average Bonchev–Trinajstić information content (AvgIpc) is 2.75. The van der Waals surface area contributed by atoms with Crippen LogP contribution in [-0.2, 0) is 13.5 Å². The van der Waals surface area contributed by atoms with Gasteiger partial charge in [-0.1, -0.05) is 11.6 Å².